The van der Waals surface area contributed by atoms with E-state index in [9.17, 15) is 21.6 Å². The van der Waals surface area contributed by atoms with Gasteiger partial charge in [-0.15, -0.1) is 13.2 Å². The van der Waals surface area contributed by atoms with E-state index in [0.717, 1.165) is 54.5 Å². The van der Waals surface area contributed by atoms with Crippen LogP contribution in [0.25, 0.3) is 22.0 Å². The van der Waals surface area contributed by atoms with Crippen molar-refractivity contribution in [2.24, 2.45) is 11.8 Å². The first-order valence-corrected chi connectivity index (χ1v) is 15.6. The number of hydrogen-bond donors (Lipinski definition) is 2. The molecule has 8 nitrogen and oxygen atoms in total. The third-order valence-electron chi connectivity index (χ3n) is 7.65. The van der Waals surface area contributed by atoms with Crippen LogP contribution in [0.2, 0.25) is 0 Å². The summed E-state index contributed by atoms with van der Waals surface area (Å²) in [6.07, 6.45) is -1.72. The zero-order valence-corrected chi connectivity index (χ0v) is 24.8. The maximum Gasteiger partial charge on any atom is 0.573 e. The average Bonchev–Trinajstić information content (AvgIpc) is 2.98. The van der Waals surface area contributed by atoms with Crippen LogP contribution >= 0.6 is 0 Å². The van der Waals surface area contributed by atoms with Crippen LogP contribution in [0, 0.1) is 11.8 Å². The van der Waals surface area contributed by atoms with Gasteiger partial charge in [0.1, 0.15) is 16.5 Å². The van der Waals surface area contributed by atoms with Crippen LogP contribution in [-0.2, 0) is 10.0 Å². The lowest BCUT2D eigenvalue weighted by Crippen LogP contribution is -2.33. The molecule has 228 valence electrons. The standard InChI is InChI=1S/C31H34F3N5O3S/c1-39(2)29-25-10-6-7-11-26(25)37-30(38-29)35-19-21-12-14-22(15-13-21)20-36-43(40,41)28-17-16-24(23-8-4-3-5-9-23)18-27(28)42-31(32,33)34/h3-11,16-18,21-22,36H,12-15,19-20H2,1-2H3,(H,35,37,38)/t21-,22-. The summed E-state index contributed by atoms with van der Waals surface area (Å²) in [5, 5.41) is 4.35. The lowest BCUT2D eigenvalue weighted by molar-refractivity contribution is -0.275. The van der Waals surface area contributed by atoms with Crippen molar-refractivity contribution < 1.29 is 26.3 Å². The van der Waals surface area contributed by atoms with Gasteiger partial charge in [-0.25, -0.2) is 18.1 Å². The maximum atomic E-state index is 13.2. The molecule has 0 spiro atoms. The van der Waals surface area contributed by atoms with Crippen molar-refractivity contribution in [2.45, 2.75) is 36.9 Å². The number of nitrogens with zero attached hydrogens (tertiary/aromatic N) is 3. The van der Waals surface area contributed by atoms with Gasteiger partial charge in [-0.1, -0.05) is 48.5 Å². The van der Waals surface area contributed by atoms with E-state index in [1.54, 1.807) is 30.3 Å². The number of nitrogens with one attached hydrogen (secondary N) is 2. The number of aromatic nitrogens is 2. The number of sulfonamides is 1. The fourth-order valence-corrected chi connectivity index (χ4v) is 6.63. The molecule has 43 heavy (non-hydrogen) atoms. The van der Waals surface area contributed by atoms with Crippen LogP contribution in [0.4, 0.5) is 24.9 Å². The van der Waals surface area contributed by atoms with Gasteiger partial charge in [-0.05, 0) is 72.9 Å². The van der Waals surface area contributed by atoms with Gasteiger partial charge in [0.25, 0.3) is 0 Å². The van der Waals surface area contributed by atoms with Gasteiger partial charge in [0, 0.05) is 32.6 Å². The molecule has 1 aliphatic rings. The molecular formula is C31H34F3N5O3S. The predicted octanol–water partition coefficient (Wildman–Crippen LogP) is 6.46. The number of halogens is 3. The van der Waals surface area contributed by atoms with Crippen molar-refractivity contribution >= 4 is 32.7 Å². The normalized spacial score (nSPS) is 17.5. The zero-order chi connectivity index (χ0) is 30.6. The zero-order valence-electron chi connectivity index (χ0n) is 23.9. The average molecular weight is 614 g/mol. The predicted molar refractivity (Wildman–Crippen MR) is 162 cm³/mol. The summed E-state index contributed by atoms with van der Waals surface area (Å²) in [5.41, 5.74) is 1.92. The number of alkyl halides is 3. The molecule has 4 aromatic rings. The summed E-state index contributed by atoms with van der Waals surface area (Å²) in [7, 11) is -0.374. The number of hydrogen-bond acceptors (Lipinski definition) is 7. The molecule has 1 aliphatic carbocycles. The molecule has 0 amide bonds. The first kappa shape index (κ1) is 30.6. The van der Waals surface area contributed by atoms with Crippen LogP contribution < -0.4 is 19.7 Å². The fourth-order valence-electron chi connectivity index (χ4n) is 5.41. The molecule has 12 heteroatoms. The molecule has 0 atom stereocenters. The Balaban J connectivity index is 1.18. The first-order chi connectivity index (χ1) is 20.5. The van der Waals surface area contributed by atoms with E-state index in [1.807, 2.05) is 43.3 Å². The van der Waals surface area contributed by atoms with Crippen molar-refractivity contribution in [2.75, 3.05) is 37.4 Å². The Kier molecular flexibility index (Phi) is 9.07. The molecule has 0 radical (unpaired) electrons. The largest absolute Gasteiger partial charge is 0.573 e. The van der Waals surface area contributed by atoms with Gasteiger partial charge in [0.15, 0.2) is 0 Å². The maximum absolute atomic E-state index is 13.2. The minimum Gasteiger partial charge on any atom is -0.404 e. The summed E-state index contributed by atoms with van der Waals surface area (Å²) >= 11 is 0. The minimum absolute atomic E-state index is 0.0684. The van der Waals surface area contributed by atoms with Crippen LogP contribution in [0.5, 0.6) is 5.75 Å². The van der Waals surface area contributed by atoms with Gasteiger partial charge < -0.3 is 15.0 Å². The monoisotopic (exact) mass is 613 g/mol. The Labute approximate surface area is 249 Å². The fraction of sp³-hybridized carbons (Fsp3) is 0.355. The second-order valence-electron chi connectivity index (χ2n) is 11.0. The molecule has 0 bridgehead atoms. The van der Waals surface area contributed by atoms with E-state index in [-0.39, 0.29) is 12.5 Å². The van der Waals surface area contributed by atoms with E-state index < -0.39 is 27.0 Å². The summed E-state index contributed by atoms with van der Waals surface area (Å²) in [5.74, 6) is 1.07. The van der Waals surface area contributed by atoms with Gasteiger partial charge in [-0.2, -0.15) is 4.98 Å². The third kappa shape index (κ3) is 7.74. The van der Waals surface area contributed by atoms with E-state index in [2.05, 4.69) is 24.7 Å². The summed E-state index contributed by atoms with van der Waals surface area (Å²) < 4.78 is 72.5. The molecule has 2 N–H and O–H groups in total. The molecule has 1 saturated carbocycles. The minimum atomic E-state index is -5.04. The van der Waals surface area contributed by atoms with Crippen molar-refractivity contribution in [3.8, 4) is 16.9 Å². The van der Waals surface area contributed by atoms with E-state index in [4.69, 9.17) is 0 Å². The highest BCUT2D eigenvalue weighted by molar-refractivity contribution is 7.89. The Morgan fingerprint density at radius 1 is 0.860 bits per heavy atom. The van der Waals surface area contributed by atoms with Crippen molar-refractivity contribution in [1.29, 1.82) is 0 Å². The van der Waals surface area contributed by atoms with Gasteiger partial charge in [0.2, 0.25) is 16.0 Å². The Morgan fingerprint density at radius 2 is 1.51 bits per heavy atom. The van der Waals surface area contributed by atoms with Crippen molar-refractivity contribution in [3.05, 3.63) is 72.8 Å². The van der Waals surface area contributed by atoms with Crippen LogP contribution in [-0.4, -0.2) is 51.9 Å². The molecule has 3 aromatic carbocycles. The molecule has 1 fully saturated rings. The third-order valence-corrected chi connectivity index (χ3v) is 9.11. The molecule has 0 unspecified atom stereocenters. The van der Waals surface area contributed by atoms with Crippen LogP contribution in [0.3, 0.4) is 0 Å². The highest BCUT2D eigenvalue weighted by Crippen LogP contribution is 2.35. The second kappa shape index (κ2) is 12.8. The Bertz CT molecular complexity index is 1660. The molecule has 5 rings (SSSR count). The molecular weight excluding hydrogens is 579 g/mol. The topological polar surface area (TPSA) is 96.5 Å². The quantitative estimate of drug-likeness (QED) is 0.212. The van der Waals surface area contributed by atoms with Crippen molar-refractivity contribution in [3.63, 3.8) is 0 Å². The highest BCUT2D eigenvalue weighted by Gasteiger charge is 2.34. The molecule has 1 aromatic heterocycles. The molecule has 0 saturated heterocycles. The number of rotatable bonds is 10. The lowest BCUT2D eigenvalue weighted by Gasteiger charge is -2.29. The Morgan fingerprint density at radius 3 is 2.19 bits per heavy atom. The SMILES string of the molecule is CN(C)c1nc(NC[C@H]2CC[C@H](CNS(=O)(=O)c3ccc(-c4ccccc4)cc3OC(F)(F)F)CC2)nc2ccccc12. The van der Waals surface area contributed by atoms with Crippen LogP contribution in [0.1, 0.15) is 25.7 Å². The van der Waals surface area contributed by atoms with Gasteiger partial charge >= 0.3 is 6.36 Å². The van der Waals surface area contributed by atoms with E-state index >= 15 is 0 Å². The molecule has 1 heterocycles. The number of fused-ring (bicyclic) bond motifs is 1. The number of para-hydroxylation sites is 1. The highest BCUT2D eigenvalue weighted by atomic mass is 32.2. The summed E-state index contributed by atoms with van der Waals surface area (Å²) in [6, 6.07) is 20.3. The van der Waals surface area contributed by atoms with E-state index in [1.165, 1.54) is 6.07 Å². The van der Waals surface area contributed by atoms with E-state index in [0.29, 0.717) is 29.5 Å². The number of benzene rings is 3. The lowest BCUT2D eigenvalue weighted by atomic mass is 9.82. The summed E-state index contributed by atoms with van der Waals surface area (Å²) in [6.45, 7) is 0.823. The molecule has 0 aliphatic heterocycles. The number of ether oxygens (including phenoxy) is 1. The summed E-state index contributed by atoms with van der Waals surface area (Å²) in [4.78, 5) is 10.7. The van der Waals surface area contributed by atoms with Gasteiger partial charge in [-0.3, -0.25) is 0 Å². The van der Waals surface area contributed by atoms with Crippen molar-refractivity contribution in [1.82, 2.24) is 14.7 Å². The smallest absolute Gasteiger partial charge is 0.404 e. The Hall–Kier alpha value is -3.90. The second-order valence-corrected chi connectivity index (χ2v) is 12.7. The number of anilines is 2. The van der Waals surface area contributed by atoms with Gasteiger partial charge in [0.05, 0.1) is 5.52 Å². The first-order valence-electron chi connectivity index (χ1n) is 14.1. The van der Waals surface area contributed by atoms with Crippen LogP contribution in [0.15, 0.2) is 77.7 Å².